The van der Waals surface area contributed by atoms with Crippen LogP contribution in [-0.2, 0) is 10.8 Å². The van der Waals surface area contributed by atoms with Gasteiger partial charge in [-0.1, -0.05) is 162 Å². The second-order valence-corrected chi connectivity index (χ2v) is 11.0. The highest BCUT2D eigenvalue weighted by Crippen LogP contribution is 2.67. The van der Waals surface area contributed by atoms with E-state index in [1.165, 1.54) is 66.8 Å². The first-order valence-corrected chi connectivity index (χ1v) is 15.2. The molecule has 0 heteroatoms. The van der Waals surface area contributed by atoms with Gasteiger partial charge in [0.1, 0.15) is 0 Å². The summed E-state index contributed by atoms with van der Waals surface area (Å²) in [6.07, 6.45) is 5.81. The normalized spacial score (nSPS) is 17.4. The van der Waals surface area contributed by atoms with E-state index < -0.39 is 0 Å². The monoisotopic (exact) mass is 544 g/mol. The lowest BCUT2D eigenvalue weighted by atomic mass is 9.52. The summed E-state index contributed by atoms with van der Waals surface area (Å²) in [7, 11) is 0. The zero-order valence-electron chi connectivity index (χ0n) is 24.4. The quantitative estimate of drug-likeness (QED) is 0.193. The molecule has 0 heterocycles. The molecule has 3 aliphatic carbocycles. The van der Waals surface area contributed by atoms with E-state index in [2.05, 4.69) is 147 Å². The minimum atomic E-state index is -0.364. The summed E-state index contributed by atoms with van der Waals surface area (Å²) in [6, 6.07) is 45.8. The molecule has 0 saturated heterocycles. The van der Waals surface area contributed by atoms with Crippen LogP contribution in [0.15, 0.2) is 139 Å². The number of rotatable bonds is 1. The molecule has 208 valence electrons. The van der Waals surface area contributed by atoms with Gasteiger partial charge in [0.2, 0.25) is 0 Å². The SMILES string of the molecule is C.C/C=C1\C(=C/CC)c2ccccc2C12c1ccccc1C1(c3ccccc3-c3ccccc31)c1ccccc12.CC. The molecule has 0 N–H and O–H groups in total. The molecular formula is C42H40. The van der Waals surface area contributed by atoms with E-state index >= 15 is 0 Å². The van der Waals surface area contributed by atoms with Gasteiger partial charge in [-0.3, -0.25) is 0 Å². The fourth-order valence-corrected chi connectivity index (χ4v) is 8.29. The van der Waals surface area contributed by atoms with E-state index in [0.717, 1.165) is 6.42 Å². The van der Waals surface area contributed by atoms with Gasteiger partial charge in [0, 0.05) is 0 Å². The molecular weight excluding hydrogens is 504 g/mol. The Kier molecular flexibility index (Phi) is 6.90. The summed E-state index contributed by atoms with van der Waals surface area (Å²) >= 11 is 0. The summed E-state index contributed by atoms with van der Waals surface area (Å²) in [5.74, 6) is 0. The van der Waals surface area contributed by atoms with Crippen LogP contribution in [0.25, 0.3) is 16.7 Å². The molecule has 0 aromatic heterocycles. The maximum Gasteiger partial charge on any atom is 0.0720 e. The highest BCUT2D eigenvalue weighted by Gasteiger charge is 2.59. The molecule has 5 aromatic carbocycles. The summed E-state index contributed by atoms with van der Waals surface area (Å²) in [5, 5.41) is 0. The van der Waals surface area contributed by atoms with E-state index in [9.17, 15) is 0 Å². The van der Waals surface area contributed by atoms with E-state index in [1.807, 2.05) is 13.8 Å². The van der Waals surface area contributed by atoms with Crippen LogP contribution in [0, 0.1) is 0 Å². The van der Waals surface area contributed by atoms with Crippen molar-refractivity contribution in [3.63, 3.8) is 0 Å². The van der Waals surface area contributed by atoms with Crippen LogP contribution < -0.4 is 0 Å². The summed E-state index contributed by atoms with van der Waals surface area (Å²) in [5.41, 5.74) is 15.9. The molecule has 2 spiro atoms. The fraction of sp³-hybridized carbons (Fsp3) is 0.190. The van der Waals surface area contributed by atoms with Crippen LogP contribution in [-0.4, -0.2) is 0 Å². The van der Waals surface area contributed by atoms with Crippen molar-refractivity contribution < 1.29 is 0 Å². The second-order valence-electron chi connectivity index (χ2n) is 11.0. The Morgan fingerprint density at radius 2 is 0.810 bits per heavy atom. The van der Waals surface area contributed by atoms with Crippen molar-refractivity contribution in [3.8, 4) is 11.1 Å². The highest BCUT2D eigenvalue weighted by molar-refractivity contribution is 5.97. The molecule has 0 radical (unpaired) electrons. The molecule has 0 amide bonds. The average molecular weight is 545 g/mol. The summed E-state index contributed by atoms with van der Waals surface area (Å²) in [4.78, 5) is 0. The first-order chi connectivity index (χ1) is 20.3. The third-order valence-electron chi connectivity index (χ3n) is 9.43. The molecule has 0 aliphatic heterocycles. The van der Waals surface area contributed by atoms with Crippen LogP contribution in [0.5, 0.6) is 0 Å². The summed E-state index contributed by atoms with van der Waals surface area (Å²) < 4.78 is 0. The minimum absolute atomic E-state index is 0. The molecule has 0 unspecified atom stereocenters. The lowest BCUT2D eigenvalue weighted by Gasteiger charge is -2.49. The number of hydrogen-bond donors (Lipinski definition) is 0. The van der Waals surface area contributed by atoms with Crippen molar-refractivity contribution in [2.45, 2.75) is 52.4 Å². The van der Waals surface area contributed by atoms with E-state index in [4.69, 9.17) is 0 Å². The minimum Gasteiger partial charge on any atom is -0.0822 e. The Morgan fingerprint density at radius 3 is 1.21 bits per heavy atom. The molecule has 0 bridgehead atoms. The second kappa shape index (κ2) is 10.4. The average Bonchev–Trinajstić information content (AvgIpc) is 3.50. The van der Waals surface area contributed by atoms with Gasteiger partial charge in [0.05, 0.1) is 10.8 Å². The number of fused-ring (bicyclic) bond motifs is 13. The number of hydrogen-bond acceptors (Lipinski definition) is 0. The van der Waals surface area contributed by atoms with Crippen molar-refractivity contribution in [1.82, 2.24) is 0 Å². The number of allylic oxidation sites excluding steroid dienone is 4. The standard InChI is InChI=1S/C39H30.C2H6.CH4/c1-3-15-26-27-16-5-8-19-31(27)38(30(26)4-2)34-22-11-13-24-36(34)39(37-25-14-12-23-35(37)38)32-20-9-6-17-28(32)29-18-7-10-21-33(29)39;1-2;/h4-25H,3H2,1-2H3;1-2H3;1H4/b26-15-,30-4+;;. The van der Waals surface area contributed by atoms with Crippen LogP contribution in [0.2, 0.25) is 0 Å². The van der Waals surface area contributed by atoms with E-state index in [1.54, 1.807) is 0 Å². The predicted octanol–water partition coefficient (Wildman–Crippen LogP) is 11.1. The highest BCUT2D eigenvalue weighted by atomic mass is 14.6. The molecule has 0 nitrogen and oxygen atoms in total. The van der Waals surface area contributed by atoms with Gasteiger partial charge >= 0.3 is 0 Å². The molecule has 8 rings (SSSR count). The third kappa shape index (κ3) is 3.18. The van der Waals surface area contributed by atoms with Gasteiger partial charge in [0.25, 0.3) is 0 Å². The maximum atomic E-state index is 2.43. The van der Waals surface area contributed by atoms with Crippen molar-refractivity contribution in [2.75, 3.05) is 0 Å². The Hall–Kier alpha value is -4.42. The van der Waals surface area contributed by atoms with Gasteiger partial charge in [-0.15, -0.1) is 0 Å². The largest absolute Gasteiger partial charge is 0.0822 e. The molecule has 0 fully saturated rings. The van der Waals surface area contributed by atoms with Crippen molar-refractivity contribution >= 4 is 5.57 Å². The Labute approximate surface area is 252 Å². The van der Waals surface area contributed by atoms with E-state index in [0.29, 0.717) is 0 Å². The van der Waals surface area contributed by atoms with Crippen molar-refractivity contribution in [3.05, 3.63) is 184 Å². The first kappa shape index (κ1) is 27.7. The van der Waals surface area contributed by atoms with Gasteiger partial charge in [0.15, 0.2) is 0 Å². The lowest BCUT2D eigenvalue weighted by Crippen LogP contribution is -2.43. The van der Waals surface area contributed by atoms with Crippen LogP contribution in [0.3, 0.4) is 0 Å². The predicted molar refractivity (Wildman–Crippen MR) is 180 cm³/mol. The molecule has 0 atom stereocenters. The van der Waals surface area contributed by atoms with Gasteiger partial charge in [-0.05, 0) is 80.1 Å². The van der Waals surface area contributed by atoms with Crippen molar-refractivity contribution in [1.29, 1.82) is 0 Å². The molecule has 3 aliphatic rings. The van der Waals surface area contributed by atoms with Gasteiger partial charge in [-0.25, -0.2) is 0 Å². The molecule has 0 saturated carbocycles. The zero-order chi connectivity index (χ0) is 28.2. The zero-order valence-corrected chi connectivity index (χ0v) is 24.4. The fourth-order valence-electron chi connectivity index (χ4n) is 8.29. The third-order valence-corrected chi connectivity index (χ3v) is 9.43. The Balaban J connectivity index is 0.00000103. The lowest BCUT2D eigenvalue weighted by molar-refractivity contribution is 0.632. The first-order valence-electron chi connectivity index (χ1n) is 15.2. The smallest absolute Gasteiger partial charge is 0.0720 e. The molecule has 42 heavy (non-hydrogen) atoms. The van der Waals surface area contributed by atoms with Crippen molar-refractivity contribution in [2.24, 2.45) is 0 Å². The number of benzene rings is 5. The van der Waals surface area contributed by atoms with E-state index in [-0.39, 0.29) is 18.3 Å². The summed E-state index contributed by atoms with van der Waals surface area (Å²) in [6.45, 7) is 8.47. The van der Waals surface area contributed by atoms with Crippen LogP contribution >= 0.6 is 0 Å². The van der Waals surface area contributed by atoms with Gasteiger partial charge in [-0.2, -0.15) is 0 Å². The van der Waals surface area contributed by atoms with Gasteiger partial charge < -0.3 is 0 Å². The van der Waals surface area contributed by atoms with Crippen LogP contribution in [0.1, 0.15) is 86.1 Å². The topological polar surface area (TPSA) is 0 Å². The van der Waals surface area contributed by atoms with Crippen LogP contribution in [0.4, 0.5) is 0 Å². The Morgan fingerprint density at radius 1 is 0.476 bits per heavy atom. The molecule has 5 aromatic rings. The maximum absolute atomic E-state index is 2.43. The Bertz CT molecular complexity index is 1770.